The lowest BCUT2D eigenvalue weighted by Crippen LogP contribution is -2.35. The van der Waals surface area contributed by atoms with Crippen molar-refractivity contribution in [1.82, 2.24) is 4.90 Å². The van der Waals surface area contributed by atoms with E-state index in [1.807, 2.05) is 0 Å². The molecule has 0 N–H and O–H groups in total. The van der Waals surface area contributed by atoms with Crippen molar-refractivity contribution >= 4 is 21.6 Å². The first-order valence-electron chi connectivity index (χ1n) is 8.98. The third-order valence-electron chi connectivity index (χ3n) is 5.21. The summed E-state index contributed by atoms with van der Waals surface area (Å²) in [5.41, 5.74) is 0.391. The number of carbonyl (C=O) groups is 1. The summed E-state index contributed by atoms with van der Waals surface area (Å²) in [6.07, 6.45) is -4.59. The molecule has 2 atom stereocenters. The van der Waals surface area contributed by atoms with Crippen molar-refractivity contribution in [3.8, 4) is 5.75 Å². The molecular formula is C19H16F4N2O4S. The number of fused-ring (bicyclic) bond motifs is 1. The molecule has 0 unspecified atom stereocenters. The summed E-state index contributed by atoms with van der Waals surface area (Å²) in [4.78, 5) is 15.6. The van der Waals surface area contributed by atoms with Gasteiger partial charge in [0.15, 0.2) is 9.84 Å². The largest absolute Gasteiger partial charge is 0.573 e. The zero-order chi connectivity index (χ0) is 21.7. The number of nitrogens with zero attached hydrogens (tertiary/aromatic N) is 2. The van der Waals surface area contributed by atoms with E-state index in [1.54, 1.807) is 0 Å². The number of ether oxygens (including phenoxy) is 1. The molecule has 2 aliphatic rings. The molecule has 11 heteroatoms. The van der Waals surface area contributed by atoms with E-state index in [0.717, 1.165) is 24.3 Å². The van der Waals surface area contributed by atoms with Crippen LogP contribution in [0.3, 0.4) is 0 Å². The lowest BCUT2D eigenvalue weighted by atomic mass is 10.2. The van der Waals surface area contributed by atoms with E-state index in [4.69, 9.17) is 0 Å². The minimum Gasteiger partial charge on any atom is -0.406 e. The summed E-state index contributed by atoms with van der Waals surface area (Å²) in [6.45, 7) is 0.211. The number of alkyl halides is 3. The summed E-state index contributed by atoms with van der Waals surface area (Å²) in [5.74, 6) is -0.942. The van der Waals surface area contributed by atoms with Crippen LogP contribution in [-0.2, 0) is 9.84 Å². The van der Waals surface area contributed by atoms with E-state index in [2.05, 4.69) is 4.74 Å². The molecule has 160 valence electrons. The van der Waals surface area contributed by atoms with Gasteiger partial charge in [-0.3, -0.25) is 4.90 Å². The topological polar surface area (TPSA) is 66.9 Å². The fourth-order valence-corrected chi connectivity index (χ4v) is 5.54. The first kappa shape index (κ1) is 20.5. The molecule has 2 aromatic carbocycles. The van der Waals surface area contributed by atoms with Gasteiger partial charge in [0.2, 0.25) is 0 Å². The van der Waals surface area contributed by atoms with Crippen LogP contribution in [0, 0.1) is 5.82 Å². The molecular weight excluding hydrogens is 428 g/mol. The van der Waals surface area contributed by atoms with Crippen molar-refractivity contribution in [3.05, 3.63) is 54.3 Å². The van der Waals surface area contributed by atoms with Crippen LogP contribution in [0.1, 0.15) is 6.42 Å². The number of hydrogen-bond donors (Lipinski definition) is 0. The summed E-state index contributed by atoms with van der Waals surface area (Å²) in [6, 6.07) is 8.69. The smallest absolute Gasteiger partial charge is 0.406 e. The number of anilines is 1. The molecule has 2 saturated heterocycles. The van der Waals surface area contributed by atoms with Crippen molar-refractivity contribution in [2.75, 3.05) is 18.0 Å². The molecule has 4 rings (SSSR count). The summed E-state index contributed by atoms with van der Waals surface area (Å²) < 4.78 is 79.3. The van der Waals surface area contributed by atoms with Gasteiger partial charge < -0.3 is 9.64 Å². The number of sulfone groups is 1. The van der Waals surface area contributed by atoms with Crippen molar-refractivity contribution in [1.29, 1.82) is 0 Å². The standard InChI is InChI=1S/C19H16F4N2O4S/c20-12-1-7-16(8-2-12)30(27,28)17-9-14-10-24(18(26)25(14)11-17)13-3-5-15(6-4-13)29-19(21,22)23/h1-8,14,17H,9-11H2/t14-,17+/m0/s1. The first-order chi connectivity index (χ1) is 14.0. The molecule has 0 aromatic heterocycles. The van der Waals surface area contributed by atoms with Crippen molar-refractivity contribution < 1.29 is 35.5 Å². The summed E-state index contributed by atoms with van der Waals surface area (Å²) in [7, 11) is -3.73. The number of rotatable bonds is 4. The van der Waals surface area contributed by atoms with Crippen LogP contribution < -0.4 is 9.64 Å². The highest BCUT2D eigenvalue weighted by Gasteiger charge is 2.48. The molecule has 6 nitrogen and oxygen atoms in total. The predicted molar refractivity (Wildman–Crippen MR) is 98.4 cm³/mol. The fraction of sp³-hybridized carbons (Fsp3) is 0.316. The average molecular weight is 444 g/mol. The summed E-state index contributed by atoms with van der Waals surface area (Å²) in [5, 5.41) is -0.804. The highest BCUT2D eigenvalue weighted by atomic mass is 32.2. The molecule has 2 aromatic rings. The molecule has 30 heavy (non-hydrogen) atoms. The van der Waals surface area contributed by atoms with Crippen molar-refractivity contribution in [2.24, 2.45) is 0 Å². The van der Waals surface area contributed by atoms with Gasteiger partial charge in [-0.2, -0.15) is 0 Å². The van der Waals surface area contributed by atoms with Crippen LogP contribution in [0.4, 0.5) is 28.0 Å². The predicted octanol–water partition coefficient (Wildman–Crippen LogP) is 3.58. The number of benzene rings is 2. The lowest BCUT2D eigenvalue weighted by Gasteiger charge is -2.20. The number of hydrogen-bond acceptors (Lipinski definition) is 4. The fourth-order valence-electron chi connectivity index (χ4n) is 3.81. The van der Waals surface area contributed by atoms with Crippen LogP contribution in [0.5, 0.6) is 5.75 Å². The highest BCUT2D eigenvalue weighted by molar-refractivity contribution is 7.92. The Labute approximate surface area is 169 Å². The first-order valence-corrected chi connectivity index (χ1v) is 10.5. The second-order valence-electron chi connectivity index (χ2n) is 7.10. The van der Waals surface area contributed by atoms with E-state index in [1.165, 1.54) is 34.1 Å². The van der Waals surface area contributed by atoms with E-state index in [9.17, 15) is 30.8 Å². The molecule has 0 saturated carbocycles. The van der Waals surface area contributed by atoms with Crippen LogP contribution in [0.2, 0.25) is 0 Å². The van der Waals surface area contributed by atoms with E-state index >= 15 is 0 Å². The number of halogens is 4. The molecule has 0 radical (unpaired) electrons. The molecule has 0 spiro atoms. The monoisotopic (exact) mass is 444 g/mol. The van der Waals surface area contributed by atoms with Gasteiger partial charge in [0.25, 0.3) is 0 Å². The van der Waals surface area contributed by atoms with E-state index in [-0.39, 0.29) is 30.4 Å². The molecule has 0 bridgehead atoms. The zero-order valence-electron chi connectivity index (χ0n) is 15.3. The van der Waals surface area contributed by atoms with Crippen LogP contribution in [-0.4, -0.2) is 50.1 Å². The van der Waals surface area contributed by atoms with Crippen molar-refractivity contribution in [2.45, 2.75) is 29.0 Å². The van der Waals surface area contributed by atoms with Crippen LogP contribution in [0.15, 0.2) is 53.4 Å². The molecule has 2 fully saturated rings. The van der Waals surface area contributed by atoms with Crippen LogP contribution >= 0.6 is 0 Å². The molecule has 0 aliphatic carbocycles. The zero-order valence-corrected chi connectivity index (χ0v) is 16.2. The second kappa shape index (κ2) is 7.15. The van der Waals surface area contributed by atoms with Gasteiger partial charge in [-0.15, -0.1) is 13.2 Å². The Morgan fingerprint density at radius 3 is 2.17 bits per heavy atom. The SMILES string of the molecule is O=C1N(c2ccc(OC(F)(F)F)cc2)C[C@@H]2C[C@@H](S(=O)(=O)c3ccc(F)cc3)CN12. The van der Waals surface area contributed by atoms with E-state index < -0.39 is 39.0 Å². The number of carbonyl (C=O) groups excluding carboxylic acids is 1. The van der Waals surface area contributed by atoms with Gasteiger partial charge in [0, 0.05) is 18.8 Å². The number of amides is 2. The van der Waals surface area contributed by atoms with Crippen molar-refractivity contribution in [3.63, 3.8) is 0 Å². The van der Waals surface area contributed by atoms with Gasteiger partial charge in [0.05, 0.1) is 16.2 Å². The van der Waals surface area contributed by atoms with E-state index in [0.29, 0.717) is 5.69 Å². The van der Waals surface area contributed by atoms with Gasteiger partial charge >= 0.3 is 12.4 Å². The maximum absolute atomic E-state index is 13.1. The van der Waals surface area contributed by atoms with Crippen LogP contribution in [0.25, 0.3) is 0 Å². The molecule has 2 amide bonds. The maximum atomic E-state index is 13.1. The number of urea groups is 1. The van der Waals surface area contributed by atoms with Gasteiger partial charge in [-0.1, -0.05) is 0 Å². The quantitative estimate of drug-likeness (QED) is 0.534. The highest BCUT2D eigenvalue weighted by Crippen LogP contribution is 2.35. The minimum absolute atomic E-state index is 0.000341. The Morgan fingerprint density at radius 2 is 1.60 bits per heavy atom. The third-order valence-corrected chi connectivity index (χ3v) is 7.36. The second-order valence-corrected chi connectivity index (χ2v) is 9.33. The Kier molecular flexibility index (Phi) is 4.88. The Bertz CT molecular complexity index is 1060. The molecule has 2 aliphatic heterocycles. The minimum atomic E-state index is -4.81. The third kappa shape index (κ3) is 3.81. The summed E-state index contributed by atoms with van der Waals surface area (Å²) >= 11 is 0. The van der Waals surface area contributed by atoms with Gasteiger partial charge in [-0.25, -0.2) is 17.6 Å². The Balaban J connectivity index is 1.46. The van der Waals surface area contributed by atoms with Gasteiger partial charge in [-0.05, 0) is 55.0 Å². The molecule has 2 heterocycles. The Hall–Kier alpha value is -2.82. The maximum Gasteiger partial charge on any atom is 0.573 e. The lowest BCUT2D eigenvalue weighted by molar-refractivity contribution is -0.274. The van der Waals surface area contributed by atoms with Gasteiger partial charge in [0.1, 0.15) is 11.6 Å². The Morgan fingerprint density at radius 1 is 0.967 bits per heavy atom. The normalized spacial score (nSPS) is 21.8. The average Bonchev–Trinajstić information content (AvgIpc) is 3.22.